The van der Waals surface area contributed by atoms with Crippen LogP contribution in [-0.4, -0.2) is 37.9 Å². The molecule has 0 bridgehead atoms. The molecule has 0 aliphatic rings. The number of sulfonamides is 1. The summed E-state index contributed by atoms with van der Waals surface area (Å²) in [6.07, 6.45) is 0. The second-order valence-corrected chi connectivity index (χ2v) is 9.57. The molecule has 0 aliphatic carbocycles. The van der Waals surface area contributed by atoms with E-state index in [2.05, 4.69) is 10.5 Å². The van der Waals surface area contributed by atoms with Crippen molar-refractivity contribution in [1.29, 1.82) is 0 Å². The summed E-state index contributed by atoms with van der Waals surface area (Å²) in [7, 11) is -0.572. The Hall–Kier alpha value is -3.95. The zero-order valence-electron chi connectivity index (χ0n) is 18.6. The number of hydrogen-bond donors (Lipinski definition) is 1. The minimum absolute atomic E-state index is 0.102. The minimum atomic E-state index is -3.68. The molecule has 3 aromatic carbocycles. The second kappa shape index (κ2) is 9.90. The number of carbonyl (C=O) groups excluding carboxylic acids is 1. The van der Waals surface area contributed by atoms with E-state index in [0.29, 0.717) is 17.2 Å². The van der Waals surface area contributed by atoms with E-state index in [4.69, 9.17) is 9.26 Å². The molecule has 9 heteroatoms. The molecule has 1 heterocycles. The summed E-state index contributed by atoms with van der Waals surface area (Å²) in [4.78, 5) is 12.7. The number of methoxy groups -OCH3 is 1. The molecule has 1 N–H and O–H groups in total. The molecule has 4 rings (SSSR count). The van der Waals surface area contributed by atoms with Gasteiger partial charge in [0, 0.05) is 30.9 Å². The first-order valence-corrected chi connectivity index (χ1v) is 11.8. The minimum Gasteiger partial charge on any atom is -0.497 e. The van der Waals surface area contributed by atoms with Crippen LogP contribution in [-0.2, 0) is 16.6 Å². The van der Waals surface area contributed by atoms with Crippen LogP contribution in [0.25, 0.3) is 11.3 Å². The first-order chi connectivity index (χ1) is 16.4. The van der Waals surface area contributed by atoms with Crippen molar-refractivity contribution in [2.45, 2.75) is 11.4 Å². The molecular weight excluding hydrogens is 454 g/mol. The second-order valence-electron chi connectivity index (χ2n) is 7.53. The van der Waals surface area contributed by atoms with Gasteiger partial charge in [-0.15, -0.1) is 0 Å². The largest absolute Gasteiger partial charge is 0.497 e. The smallest absolute Gasteiger partial charge is 0.277 e. The lowest BCUT2D eigenvalue weighted by Crippen LogP contribution is -2.26. The number of ether oxygens (including phenoxy) is 1. The van der Waals surface area contributed by atoms with Crippen LogP contribution in [0.5, 0.6) is 5.75 Å². The van der Waals surface area contributed by atoms with E-state index in [0.717, 1.165) is 11.1 Å². The van der Waals surface area contributed by atoms with Crippen molar-refractivity contribution in [1.82, 2.24) is 9.46 Å². The summed E-state index contributed by atoms with van der Waals surface area (Å²) in [5.41, 5.74) is 2.18. The van der Waals surface area contributed by atoms with E-state index in [-0.39, 0.29) is 17.1 Å². The molecule has 1 amide bonds. The van der Waals surface area contributed by atoms with Crippen LogP contribution in [0, 0.1) is 0 Å². The third kappa shape index (κ3) is 5.16. The van der Waals surface area contributed by atoms with Crippen molar-refractivity contribution in [3.8, 4) is 17.1 Å². The van der Waals surface area contributed by atoms with Gasteiger partial charge in [-0.3, -0.25) is 4.79 Å². The van der Waals surface area contributed by atoms with Crippen LogP contribution in [0.1, 0.15) is 16.1 Å². The summed E-state index contributed by atoms with van der Waals surface area (Å²) in [6.45, 7) is 0.254. The molecule has 0 aliphatic heterocycles. The molecule has 4 aromatic rings. The Bertz CT molecular complexity index is 1370. The molecule has 0 radical (unpaired) electrons. The lowest BCUT2D eigenvalue weighted by Gasteiger charge is -2.17. The molecule has 8 nitrogen and oxygen atoms in total. The fourth-order valence-corrected chi connectivity index (χ4v) is 4.44. The number of hydrogen-bond acceptors (Lipinski definition) is 6. The van der Waals surface area contributed by atoms with E-state index in [1.54, 1.807) is 31.4 Å². The molecule has 1 aromatic heterocycles. The highest BCUT2D eigenvalue weighted by molar-refractivity contribution is 7.89. The summed E-state index contributed by atoms with van der Waals surface area (Å²) in [6, 6.07) is 24.0. The first kappa shape index (κ1) is 23.2. The van der Waals surface area contributed by atoms with E-state index >= 15 is 0 Å². The van der Waals surface area contributed by atoms with Crippen LogP contribution >= 0.6 is 0 Å². The number of benzene rings is 3. The van der Waals surface area contributed by atoms with Crippen LogP contribution in [0.4, 0.5) is 5.69 Å². The van der Waals surface area contributed by atoms with E-state index in [9.17, 15) is 13.2 Å². The van der Waals surface area contributed by atoms with Gasteiger partial charge >= 0.3 is 0 Å². The first-order valence-electron chi connectivity index (χ1n) is 10.4. The highest BCUT2D eigenvalue weighted by Crippen LogP contribution is 2.24. The topological polar surface area (TPSA) is 102 Å². The van der Waals surface area contributed by atoms with Gasteiger partial charge in [0.2, 0.25) is 10.0 Å². The third-order valence-electron chi connectivity index (χ3n) is 5.19. The Balaban J connectivity index is 1.42. The van der Waals surface area contributed by atoms with Gasteiger partial charge in [-0.05, 0) is 54.1 Å². The summed E-state index contributed by atoms with van der Waals surface area (Å²) in [5, 5.41) is 6.53. The summed E-state index contributed by atoms with van der Waals surface area (Å²) >= 11 is 0. The molecular formula is C25H23N3O5S. The van der Waals surface area contributed by atoms with Gasteiger partial charge in [0.25, 0.3) is 5.91 Å². The third-order valence-corrected chi connectivity index (χ3v) is 7.00. The predicted molar refractivity (Wildman–Crippen MR) is 128 cm³/mol. The standard InChI is InChI=1S/C25H23N3O5S/c1-28(17-18-6-4-3-5-7-18)34(30,31)22-14-10-20(11-15-22)26-25(29)23-16-24(33-27-23)19-8-12-21(32-2)13-9-19/h3-16H,17H2,1-2H3,(H,26,29). The number of amides is 1. The van der Waals surface area contributed by atoms with Gasteiger partial charge in [0.15, 0.2) is 11.5 Å². The molecule has 34 heavy (non-hydrogen) atoms. The summed E-state index contributed by atoms with van der Waals surface area (Å²) in [5.74, 6) is 0.675. The number of aromatic nitrogens is 1. The predicted octanol–water partition coefficient (Wildman–Crippen LogP) is 4.42. The number of nitrogens with one attached hydrogen (secondary N) is 1. The number of nitrogens with zero attached hydrogens (tertiary/aromatic N) is 2. The van der Waals surface area contributed by atoms with Crippen LogP contribution < -0.4 is 10.1 Å². The van der Waals surface area contributed by atoms with Gasteiger partial charge < -0.3 is 14.6 Å². The van der Waals surface area contributed by atoms with Crippen LogP contribution in [0.3, 0.4) is 0 Å². The molecule has 0 saturated carbocycles. The van der Waals surface area contributed by atoms with Crippen molar-refractivity contribution in [3.05, 3.63) is 96.2 Å². The van der Waals surface area contributed by atoms with Gasteiger partial charge in [0.1, 0.15) is 5.75 Å². The zero-order chi connectivity index (χ0) is 24.1. The highest BCUT2D eigenvalue weighted by atomic mass is 32.2. The van der Waals surface area contributed by atoms with Crippen molar-refractivity contribution in [2.24, 2.45) is 0 Å². The fraction of sp³-hybridized carbons (Fsp3) is 0.120. The Morgan fingerprint density at radius 3 is 2.32 bits per heavy atom. The van der Waals surface area contributed by atoms with Crippen LogP contribution in [0.2, 0.25) is 0 Å². The monoisotopic (exact) mass is 477 g/mol. The van der Waals surface area contributed by atoms with Gasteiger partial charge in [-0.1, -0.05) is 35.5 Å². The van der Waals surface area contributed by atoms with Crippen molar-refractivity contribution < 1.29 is 22.5 Å². The average molecular weight is 478 g/mol. The molecule has 0 atom stereocenters. The van der Waals surface area contributed by atoms with Crippen molar-refractivity contribution in [2.75, 3.05) is 19.5 Å². The highest BCUT2D eigenvalue weighted by Gasteiger charge is 2.21. The maximum Gasteiger partial charge on any atom is 0.277 e. The molecule has 174 valence electrons. The SMILES string of the molecule is COc1ccc(-c2cc(C(=O)Nc3ccc(S(=O)(=O)N(C)Cc4ccccc4)cc3)no2)cc1. The van der Waals surface area contributed by atoms with E-state index in [1.807, 2.05) is 30.3 Å². The normalized spacial score (nSPS) is 11.4. The Morgan fingerprint density at radius 2 is 1.68 bits per heavy atom. The molecule has 0 spiro atoms. The number of rotatable bonds is 8. The Kier molecular flexibility index (Phi) is 6.76. The quantitative estimate of drug-likeness (QED) is 0.403. The number of anilines is 1. The molecule has 0 unspecified atom stereocenters. The van der Waals surface area contributed by atoms with Crippen LogP contribution in [0.15, 0.2) is 94.3 Å². The van der Waals surface area contributed by atoms with Gasteiger partial charge in [0.05, 0.1) is 12.0 Å². The Morgan fingerprint density at radius 1 is 1.00 bits per heavy atom. The van der Waals surface area contributed by atoms with Gasteiger partial charge in [-0.25, -0.2) is 8.42 Å². The van der Waals surface area contributed by atoms with E-state index < -0.39 is 15.9 Å². The maximum atomic E-state index is 12.9. The number of carbonyl (C=O) groups is 1. The van der Waals surface area contributed by atoms with Crippen molar-refractivity contribution in [3.63, 3.8) is 0 Å². The maximum absolute atomic E-state index is 12.9. The summed E-state index contributed by atoms with van der Waals surface area (Å²) < 4.78 is 37.5. The van der Waals surface area contributed by atoms with Gasteiger partial charge in [-0.2, -0.15) is 4.31 Å². The zero-order valence-corrected chi connectivity index (χ0v) is 19.5. The fourth-order valence-electron chi connectivity index (χ4n) is 3.28. The average Bonchev–Trinajstić information content (AvgIpc) is 3.36. The lowest BCUT2D eigenvalue weighted by atomic mass is 10.1. The molecule has 0 saturated heterocycles. The lowest BCUT2D eigenvalue weighted by molar-refractivity contribution is 0.101. The Labute approximate surface area is 197 Å². The molecule has 0 fully saturated rings. The van der Waals surface area contributed by atoms with Crippen molar-refractivity contribution >= 4 is 21.6 Å². The van der Waals surface area contributed by atoms with E-state index in [1.165, 1.54) is 41.7 Å².